The van der Waals surface area contributed by atoms with Crippen molar-refractivity contribution in [3.05, 3.63) is 65.8 Å². The fraction of sp³-hybridized carbons (Fsp3) is 0. The number of hydrogen-bond donors (Lipinski definition) is 0. The minimum Gasteiger partial charge on any atom is -0.236 e. The molecule has 0 unspecified atom stereocenters. The summed E-state index contributed by atoms with van der Waals surface area (Å²) in [4.78, 5) is 4.58. The van der Waals surface area contributed by atoms with Gasteiger partial charge >= 0.3 is 0 Å². The Kier molecular flexibility index (Phi) is 2.90. The Bertz CT molecular complexity index is 644. The zero-order valence-electron chi connectivity index (χ0n) is 9.51. The van der Waals surface area contributed by atoms with Gasteiger partial charge < -0.3 is 0 Å². The van der Waals surface area contributed by atoms with E-state index in [4.69, 9.17) is 0 Å². The first-order valence-electron chi connectivity index (χ1n) is 5.60. The fourth-order valence-electron chi connectivity index (χ4n) is 1.74. The van der Waals surface area contributed by atoms with Crippen molar-refractivity contribution >= 4 is 11.3 Å². The van der Waals surface area contributed by atoms with Crippen molar-refractivity contribution in [2.24, 2.45) is 0 Å². The lowest BCUT2D eigenvalue weighted by Gasteiger charge is -1.96. The summed E-state index contributed by atoms with van der Waals surface area (Å²) < 4.78 is 12.9. The van der Waals surface area contributed by atoms with Gasteiger partial charge in [0.25, 0.3) is 0 Å². The van der Waals surface area contributed by atoms with E-state index < -0.39 is 0 Å². The topological polar surface area (TPSA) is 12.9 Å². The molecule has 0 saturated carbocycles. The third-order valence-corrected chi connectivity index (χ3v) is 3.56. The second kappa shape index (κ2) is 4.70. The molecule has 3 heteroatoms. The number of thiazole rings is 1. The number of hydrogen-bond acceptors (Lipinski definition) is 2. The highest BCUT2D eigenvalue weighted by Gasteiger charge is 2.06. The van der Waals surface area contributed by atoms with Crippen LogP contribution in [0.15, 0.2) is 60.0 Å². The van der Waals surface area contributed by atoms with Crippen molar-refractivity contribution in [1.29, 1.82) is 0 Å². The second-order valence-corrected chi connectivity index (χ2v) is 4.77. The van der Waals surface area contributed by atoms with E-state index in [1.54, 1.807) is 23.5 Å². The number of halogens is 1. The summed E-state index contributed by atoms with van der Waals surface area (Å²) in [5.74, 6) is -0.225. The predicted octanol–water partition coefficient (Wildman–Crippen LogP) is 4.62. The molecule has 0 fully saturated rings. The summed E-state index contributed by atoms with van der Waals surface area (Å²) in [6.45, 7) is 0. The fourth-order valence-corrected chi connectivity index (χ4v) is 2.58. The average molecular weight is 255 g/mol. The normalized spacial score (nSPS) is 10.5. The molecule has 2 aromatic carbocycles. The van der Waals surface area contributed by atoms with Crippen LogP contribution in [-0.4, -0.2) is 4.98 Å². The van der Waals surface area contributed by atoms with Crippen molar-refractivity contribution in [1.82, 2.24) is 4.98 Å². The highest BCUT2D eigenvalue weighted by molar-refractivity contribution is 7.13. The Morgan fingerprint density at radius 1 is 0.833 bits per heavy atom. The van der Waals surface area contributed by atoms with Gasteiger partial charge in [-0.3, -0.25) is 0 Å². The van der Waals surface area contributed by atoms with Crippen LogP contribution in [0, 0.1) is 5.82 Å². The van der Waals surface area contributed by atoms with Gasteiger partial charge in [0, 0.05) is 16.5 Å². The molecule has 0 radical (unpaired) electrons. The van der Waals surface area contributed by atoms with Gasteiger partial charge in [-0.05, 0) is 24.3 Å². The quantitative estimate of drug-likeness (QED) is 0.651. The molecule has 18 heavy (non-hydrogen) atoms. The molecule has 0 aliphatic rings. The second-order valence-electron chi connectivity index (χ2n) is 3.91. The Labute approximate surface area is 109 Å². The van der Waals surface area contributed by atoms with Crippen LogP contribution in [0.2, 0.25) is 0 Å². The van der Waals surface area contributed by atoms with Gasteiger partial charge in [0.15, 0.2) is 0 Å². The minimum absolute atomic E-state index is 0.225. The lowest BCUT2D eigenvalue weighted by Crippen LogP contribution is -1.80. The van der Waals surface area contributed by atoms with Gasteiger partial charge in [-0.1, -0.05) is 30.3 Å². The van der Waals surface area contributed by atoms with Crippen LogP contribution >= 0.6 is 11.3 Å². The van der Waals surface area contributed by atoms with E-state index in [0.717, 1.165) is 21.8 Å². The first-order valence-corrected chi connectivity index (χ1v) is 6.48. The van der Waals surface area contributed by atoms with Crippen LogP contribution in [0.1, 0.15) is 0 Å². The SMILES string of the molecule is Fc1ccc(-c2csc(-c3ccccc3)n2)cc1. The summed E-state index contributed by atoms with van der Waals surface area (Å²) in [6.07, 6.45) is 0. The van der Waals surface area contributed by atoms with Gasteiger partial charge in [0.05, 0.1) is 5.69 Å². The van der Waals surface area contributed by atoms with E-state index in [0.29, 0.717) is 0 Å². The molecule has 0 atom stereocenters. The van der Waals surface area contributed by atoms with Gasteiger partial charge in [-0.25, -0.2) is 9.37 Å². The Hall–Kier alpha value is -2.00. The van der Waals surface area contributed by atoms with Crippen LogP contribution in [0.25, 0.3) is 21.8 Å². The van der Waals surface area contributed by atoms with E-state index in [1.165, 1.54) is 12.1 Å². The maximum Gasteiger partial charge on any atom is 0.124 e. The molecule has 3 rings (SSSR count). The minimum atomic E-state index is -0.225. The third kappa shape index (κ3) is 2.17. The zero-order chi connectivity index (χ0) is 12.4. The van der Waals surface area contributed by atoms with E-state index in [2.05, 4.69) is 4.98 Å². The van der Waals surface area contributed by atoms with Crippen LogP contribution in [-0.2, 0) is 0 Å². The van der Waals surface area contributed by atoms with E-state index in [1.807, 2.05) is 35.7 Å². The Balaban J connectivity index is 1.97. The number of aromatic nitrogens is 1. The lowest BCUT2D eigenvalue weighted by atomic mass is 10.2. The van der Waals surface area contributed by atoms with E-state index in [-0.39, 0.29) is 5.82 Å². The predicted molar refractivity (Wildman–Crippen MR) is 72.9 cm³/mol. The first kappa shape index (κ1) is 11.1. The Morgan fingerprint density at radius 2 is 1.56 bits per heavy atom. The maximum absolute atomic E-state index is 12.9. The number of benzene rings is 2. The molecule has 1 aromatic heterocycles. The van der Waals surface area contributed by atoms with Crippen LogP contribution in [0.4, 0.5) is 4.39 Å². The third-order valence-electron chi connectivity index (χ3n) is 2.66. The molecule has 88 valence electrons. The van der Waals surface area contributed by atoms with Crippen molar-refractivity contribution in [2.75, 3.05) is 0 Å². The van der Waals surface area contributed by atoms with Crippen LogP contribution < -0.4 is 0 Å². The highest BCUT2D eigenvalue weighted by Crippen LogP contribution is 2.28. The van der Waals surface area contributed by atoms with E-state index >= 15 is 0 Å². The molecule has 0 spiro atoms. The van der Waals surface area contributed by atoms with Crippen molar-refractivity contribution < 1.29 is 4.39 Å². The van der Waals surface area contributed by atoms with Gasteiger partial charge in [0.2, 0.25) is 0 Å². The molecule has 0 bridgehead atoms. The van der Waals surface area contributed by atoms with Crippen LogP contribution in [0.5, 0.6) is 0 Å². The smallest absolute Gasteiger partial charge is 0.124 e. The molecule has 0 N–H and O–H groups in total. The zero-order valence-corrected chi connectivity index (χ0v) is 10.3. The largest absolute Gasteiger partial charge is 0.236 e. The molecule has 1 nitrogen and oxygen atoms in total. The summed E-state index contributed by atoms with van der Waals surface area (Å²) >= 11 is 1.60. The van der Waals surface area contributed by atoms with E-state index in [9.17, 15) is 4.39 Å². The monoisotopic (exact) mass is 255 g/mol. The standard InChI is InChI=1S/C15H10FNS/c16-13-8-6-11(7-9-13)14-10-18-15(17-14)12-4-2-1-3-5-12/h1-10H. The first-order chi connectivity index (χ1) is 8.83. The molecule has 0 aliphatic heterocycles. The summed E-state index contributed by atoms with van der Waals surface area (Å²) in [7, 11) is 0. The van der Waals surface area contributed by atoms with Gasteiger partial charge in [0.1, 0.15) is 10.8 Å². The average Bonchev–Trinajstić information content (AvgIpc) is 2.90. The molecule has 1 heterocycles. The van der Waals surface area contributed by atoms with Crippen molar-refractivity contribution in [2.45, 2.75) is 0 Å². The molecular formula is C15H10FNS. The highest BCUT2D eigenvalue weighted by atomic mass is 32.1. The van der Waals surface area contributed by atoms with Crippen LogP contribution in [0.3, 0.4) is 0 Å². The molecule has 0 aliphatic carbocycles. The number of rotatable bonds is 2. The molecule has 0 amide bonds. The maximum atomic E-state index is 12.9. The summed E-state index contributed by atoms with van der Waals surface area (Å²) in [5.41, 5.74) is 2.93. The lowest BCUT2D eigenvalue weighted by molar-refractivity contribution is 0.628. The summed E-state index contributed by atoms with van der Waals surface area (Å²) in [5, 5.41) is 2.98. The molecule has 3 aromatic rings. The van der Waals surface area contributed by atoms with Crippen molar-refractivity contribution in [3.63, 3.8) is 0 Å². The Morgan fingerprint density at radius 3 is 2.28 bits per heavy atom. The van der Waals surface area contributed by atoms with Gasteiger partial charge in [-0.15, -0.1) is 11.3 Å². The van der Waals surface area contributed by atoms with Crippen molar-refractivity contribution in [3.8, 4) is 21.8 Å². The number of nitrogens with zero attached hydrogens (tertiary/aromatic N) is 1. The molecule has 0 saturated heterocycles. The van der Waals surface area contributed by atoms with Gasteiger partial charge in [-0.2, -0.15) is 0 Å². The molecular weight excluding hydrogens is 245 g/mol. The summed E-state index contributed by atoms with van der Waals surface area (Å²) in [6, 6.07) is 16.5.